The monoisotopic (exact) mass is 352 g/mol. The van der Waals surface area contributed by atoms with Crippen LogP contribution in [0.4, 0.5) is 5.69 Å². The first-order valence-corrected chi connectivity index (χ1v) is 7.42. The Bertz CT molecular complexity index is 587. The van der Waals surface area contributed by atoms with Gasteiger partial charge in [-0.25, -0.2) is 0 Å². The Kier molecular flexibility index (Phi) is 4.77. The van der Waals surface area contributed by atoms with Crippen molar-refractivity contribution in [3.05, 3.63) is 46.2 Å². The van der Waals surface area contributed by atoms with Crippen molar-refractivity contribution < 1.29 is 0 Å². The molecule has 106 valence electrons. The van der Waals surface area contributed by atoms with Crippen molar-refractivity contribution in [3.63, 3.8) is 0 Å². The van der Waals surface area contributed by atoms with E-state index in [1.165, 1.54) is 5.56 Å². The molecular weight excluding hydrogens is 336 g/mol. The summed E-state index contributed by atoms with van der Waals surface area (Å²) in [5, 5.41) is 8.12. The number of halogens is 1. The van der Waals surface area contributed by atoms with E-state index in [2.05, 4.69) is 45.4 Å². The molecule has 0 radical (unpaired) electrons. The van der Waals surface area contributed by atoms with Gasteiger partial charge >= 0.3 is 0 Å². The summed E-state index contributed by atoms with van der Waals surface area (Å²) < 4.78 is 2.83. The molecule has 0 saturated carbocycles. The number of hydrogen-bond acceptors (Lipinski definition) is 2. The van der Waals surface area contributed by atoms with Gasteiger partial charge in [-0.3, -0.25) is 4.68 Å². The standard InChI is InChI=1S/C14H17BrN4S/c1-10-4-6-11(7-5-10)17-14(20)18(2)9-13-12(15)8-16-19(13)3/h4-8H,9H2,1-3H3,(H,17,20). The van der Waals surface area contributed by atoms with E-state index < -0.39 is 0 Å². The zero-order valence-electron chi connectivity index (χ0n) is 11.7. The van der Waals surface area contributed by atoms with E-state index in [4.69, 9.17) is 12.2 Å². The molecule has 6 heteroatoms. The van der Waals surface area contributed by atoms with Crippen molar-refractivity contribution >= 4 is 38.9 Å². The molecule has 0 aliphatic rings. The highest BCUT2D eigenvalue weighted by Crippen LogP contribution is 2.17. The van der Waals surface area contributed by atoms with Gasteiger partial charge in [0.05, 0.1) is 22.9 Å². The predicted molar refractivity (Wildman–Crippen MR) is 89.8 cm³/mol. The van der Waals surface area contributed by atoms with E-state index in [1.807, 2.05) is 35.8 Å². The van der Waals surface area contributed by atoms with E-state index in [-0.39, 0.29) is 0 Å². The molecule has 1 aromatic heterocycles. The molecule has 2 aromatic rings. The molecule has 1 aromatic carbocycles. The maximum absolute atomic E-state index is 5.42. The minimum atomic E-state index is 0.682. The molecule has 0 atom stereocenters. The minimum Gasteiger partial charge on any atom is -0.346 e. The number of hydrogen-bond donors (Lipinski definition) is 1. The van der Waals surface area contributed by atoms with Crippen molar-refractivity contribution in [1.29, 1.82) is 0 Å². The van der Waals surface area contributed by atoms with Crippen molar-refractivity contribution in [2.45, 2.75) is 13.5 Å². The van der Waals surface area contributed by atoms with Gasteiger partial charge < -0.3 is 10.2 Å². The average Bonchev–Trinajstić information content (AvgIpc) is 2.73. The fraction of sp³-hybridized carbons (Fsp3) is 0.286. The van der Waals surface area contributed by atoms with Crippen molar-refractivity contribution in [3.8, 4) is 0 Å². The van der Waals surface area contributed by atoms with Crippen LogP contribution >= 0.6 is 28.1 Å². The number of aromatic nitrogens is 2. The Morgan fingerprint density at radius 1 is 1.40 bits per heavy atom. The highest BCUT2D eigenvalue weighted by Gasteiger charge is 2.11. The zero-order valence-corrected chi connectivity index (χ0v) is 14.1. The molecule has 2 rings (SSSR count). The van der Waals surface area contributed by atoms with Gasteiger partial charge in [-0.1, -0.05) is 17.7 Å². The smallest absolute Gasteiger partial charge is 0.173 e. The first-order chi connectivity index (χ1) is 9.47. The van der Waals surface area contributed by atoms with Gasteiger partial charge in [0.2, 0.25) is 0 Å². The van der Waals surface area contributed by atoms with Crippen LogP contribution in [0.2, 0.25) is 0 Å². The molecule has 0 amide bonds. The van der Waals surface area contributed by atoms with Crippen LogP contribution in [-0.4, -0.2) is 26.8 Å². The quantitative estimate of drug-likeness (QED) is 0.859. The Morgan fingerprint density at radius 2 is 2.05 bits per heavy atom. The Balaban J connectivity index is 2.00. The molecule has 0 aliphatic carbocycles. The summed E-state index contributed by atoms with van der Waals surface area (Å²) in [7, 11) is 3.88. The third-order valence-corrected chi connectivity index (χ3v) is 4.12. The van der Waals surface area contributed by atoms with Crippen LogP contribution in [0.1, 0.15) is 11.3 Å². The SMILES string of the molecule is Cc1ccc(NC(=S)N(C)Cc2c(Br)cnn2C)cc1. The van der Waals surface area contributed by atoms with Gasteiger partial charge in [-0.05, 0) is 47.2 Å². The van der Waals surface area contributed by atoms with Crippen LogP contribution in [0.25, 0.3) is 0 Å². The number of thiocarbonyl (C=S) groups is 1. The van der Waals surface area contributed by atoms with E-state index in [9.17, 15) is 0 Å². The molecule has 1 heterocycles. The average molecular weight is 353 g/mol. The molecule has 0 bridgehead atoms. The summed E-state index contributed by atoms with van der Waals surface area (Å²) in [5.74, 6) is 0. The van der Waals surface area contributed by atoms with Gasteiger partial charge in [0.15, 0.2) is 5.11 Å². The third-order valence-electron chi connectivity index (χ3n) is 3.05. The molecule has 0 aliphatic heterocycles. The summed E-state index contributed by atoms with van der Waals surface area (Å²) in [6.07, 6.45) is 1.79. The lowest BCUT2D eigenvalue weighted by molar-refractivity contribution is 0.481. The highest BCUT2D eigenvalue weighted by atomic mass is 79.9. The summed E-state index contributed by atoms with van der Waals surface area (Å²) in [6, 6.07) is 8.16. The van der Waals surface area contributed by atoms with E-state index >= 15 is 0 Å². The summed E-state index contributed by atoms with van der Waals surface area (Å²) >= 11 is 8.92. The minimum absolute atomic E-state index is 0.682. The van der Waals surface area contributed by atoms with Crippen LogP contribution < -0.4 is 5.32 Å². The first kappa shape index (κ1) is 15.0. The van der Waals surface area contributed by atoms with E-state index in [1.54, 1.807) is 6.20 Å². The van der Waals surface area contributed by atoms with Gasteiger partial charge in [0.1, 0.15) is 0 Å². The van der Waals surface area contributed by atoms with Gasteiger partial charge in [0.25, 0.3) is 0 Å². The Morgan fingerprint density at radius 3 is 2.60 bits per heavy atom. The van der Waals surface area contributed by atoms with Crippen LogP contribution in [0.5, 0.6) is 0 Å². The Hall–Kier alpha value is -1.40. The molecule has 4 nitrogen and oxygen atoms in total. The normalized spacial score (nSPS) is 10.4. The molecule has 20 heavy (non-hydrogen) atoms. The van der Waals surface area contributed by atoms with Crippen LogP contribution in [0.3, 0.4) is 0 Å². The highest BCUT2D eigenvalue weighted by molar-refractivity contribution is 9.10. The zero-order chi connectivity index (χ0) is 14.7. The van der Waals surface area contributed by atoms with Crippen LogP contribution in [0, 0.1) is 6.92 Å². The number of nitrogens with zero attached hydrogens (tertiary/aromatic N) is 3. The second kappa shape index (κ2) is 6.37. The summed E-state index contributed by atoms with van der Waals surface area (Å²) in [4.78, 5) is 1.98. The molecule has 0 unspecified atom stereocenters. The first-order valence-electron chi connectivity index (χ1n) is 6.22. The van der Waals surface area contributed by atoms with E-state index in [0.717, 1.165) is 15.9 Å². The van der Waals surface area contributed by atoms with Gasteiger partial charge in [-0.15, -0.1) is 0 Å². The number of nitrogens with one attached hydrogen (secondary N) is 1. The van der Waals surface area contributed by atoms with E-state index in [0.29, 0.717) is 11.7 Å². The summed E-state index contributed by atoms with van der Waals surface area (Å²) in [5.41, 5.74) is 3.31. The topological polar surface area (TPSA) is 33.1 Å². The molecule has 0 saturated heterocycles. The maximum Gasteiger partial charge on any atom is 0.173 e. The lowest BCUT2D eigenvalue weighted by Crippen LogP contribution is -2.31. The van der Waals surface area contributed by atoms with Crippen LogP contribution in [-0.2, 0) is 13.6 Å². The van der Waals surface area contributed by atoms with Gasteiger partial charge in [-0.2, -0.15) is 5.10 Å². The summed E-state index contributed by atoms with van der Waals surface area (Å²) in [6.45, 7) is 2.75. The molecular formula is C14H17BrN4S. The molecule has 0 spiro atoms. The molecule has 0 fully saturated rings. The maximum atomic E-state index is 5.42. The largest absolute Gasteiger partial charge is 0.346 e. The number of benzene rings is 1. The third kappa shape index (κ3) is 3.58. The lowest BCUT2D eigenvalue weighted by Gasteiger charge is -2.21. The second-order valence-corrected chi connectivity index (χ2v) is 5.96. The lowest BCUT2D eigenvalue weighted by atomic mass is 10.2. The Labute approximate surface area is 132 Å². The van der Waals surface area contributed by atoms with Crippen molar-refractivity contribution in [2.24, 2.45) is 7.05 Å². The van der Waals surface area contributed by atoms with Crippen LogP contribution in [0.15, 0.2) is 34.9 Å². The van der Waals surface area contributed by atoms with Crippen molar-refractivity contribution in [1.82, 2.24) is 14.7 Å². The molecule has 1 N–H and O–H groups in total. The second-order valence-electron chi connectivity index (χ2n) is 4.72. The van der Waals surface area contributed by atoms with Crippen molar-refractivity contribution in [2.75, 3.05) is 12.4 Å². The number of aryl methyl sites for hydroxylation is 2. The number of anilines is 1. The predicted octanol–water partition coefficient (Wildman–Crippen LogP) is 3.32. The number of rotatable bonds is 3. The fourth-order valence-electron chi connectivity index (χ4n) is 1.77. The fourth-order valence-corrected chi connectivity index (χ4v) is 2.42. The van der Waals surface area contributed by atoms with Gasteiger partial charge in [0, 0.05) is 19.8 Å².